The van der Waals surface area contributed by atoms with Gasteiger partial charge >= 0.3 is 12.0 Å². The monoisotopic (exact) mass is 350 g/mol. The first kappa shape index (κ1) is 17.7. The highest BCUT2D eigenvalue weighted by Crippen LogP contribution is 2.28. The number of rotatable bonds is 5. The second-order valence-corrected chi connectivity index (χ2v) is 6.23. The third-order valence-electron chi connectivity index (χ3n) is 4.42. The molecule has 2 aromatic carbocycles. The Morgan fingerprint density at radius 3 is 2.38 bits per heavy atom. The average Bonchev–Trinajstić information content (AvgIpc) is 2.66. The SMILES string of the molecule is CCc1ccc([C@@H]2NC(=O)NC(C)=C2C(=O)OCc2ccccc2)cc1. The van der Waals surface area contributed by atoms with E-state index >= 15 is 0 Å². The fourth-order valence-corrected chi connectivity index (χ4v) is 2.96. The van der Waals surface area contributed by atoms with Gasteiger partial charge < -0.3 is 15.4 Å². The van der Waals surface area contributed by atoms with Crippen LogP contribution in [0.4, 0.5) is 4.79 Å². The number of hydrogen-bond acceptors (Lipinski definition) is 3. The van der Waals surface area contributed by atoms with Crippen LogP contribution in [0.1, 0.15) is 36.6 Å². The first-order chi connectivity index (χ1) is 12.6. The van der Waals surface area contributed by atoms with Crippen LogP contribution in [0.15, 0.2) is 65.9 Å². The summed E-state index contributed by atoms with van der Waals surface area (Å²) in [6.45, 7) is 3.98. The smallest absolute Gasteiger partial charge is 0.338 e. The van der Waals surface area contributed by atoms with Gasteiger partial charge in [0, 0.05) is 5.70 Å². The molecule has 0 spiro atoms. The van der Waals surface area contributed by atoms with Gasteiger partial charge in [0.15, 0.2) is 0 Å². The van der Waals surface area contributed by atoms with Crippen LogP contribution in [-0.4, -0.2) is 12.0 Å². The van der Waals surface area contributed by atoms with Gasteiger partial charge in [0.25, 0.3) is 0 Å². The molecule has 26 heavy (non-hydrogen) atoms. The predicted molar refractivity (Wildman–Crippen MR) is 99.2 cm³/mol. The van der Waals surface area contributed by atoms with Crippen LogP contribution in [0.5, 0.6) is 0 Å². The Hall–Kier alpha value is -3.08. The minimum absolute atomic E-state index is 0.186. The van der Waals surface area contributed by atoms with Crippen molar-refractivity contribution in [3.8, 4) is 0 Å². The Morgan fingerprint density at radius 1 is 1.04 bits per heavy atom. The van der Waals surface area contributed by atoms with E-state index in [9.17, 15) is 9.59 Å². The summed E-state index contributed by atoms with van der Waals surface area (Å²) in [6, 6.07) is 16.5. The number of benzene rings is 2. The third kappa shape index (κ3) is 3.94. The van der Waals surface area contributed by atoms with Crippen LogP contribution in [0.25, 0.3) is 0 Å². The molecule has 0 aliphatic carbocycles. The molecule has 2 aromatic rings. The fourth-order valence-electron chi connectivity index (χ4n) is 2.96. The molecule has 5 nitrogen and oxygen atoms in total. The number of nitrogens with one attached hydrogen (secondary N) is 2. The Labute approximate surface area is 153 Å². The van der Waals surface area contributed by atoms with E-state index < -0.39 is 12.0 Å². The lowest BCUT2D eigenvalue weighted by Crippen LogP contribution is -2.45. The topological polar surface area (TPSA) is 67.4 Å². The highest BCUT2D eigenvalue weighted by molar-refractivity contribution is 5.95. The second kappa shape index (κ2) is 7.87. The number of carbonyl (C=O) groups excluding carboxylic acids is 2. The van der Waals surface area contributed by atoms with Crippen molar-refractivity contribution in [2.45, 2.75) is 32.9 Å². The van der Waals surface area contributed by atoms with Gasteiger partial charge in [0.05, 0.1) is 11.6 Å². The Balaban J connectivity index is 1.83. The van der Waals surface area contributed by atoms with Crippen molar-refractivity contribution in [3.05, 3.63) is 82.6 Å². The normalized spacial score (nSPS) is 16.7. The molecule has 2 N–H and O–H groups in total. The number of carbonyl (C=O) groups is 2. The van der Waals surface area contributed by atoms with Gasteiger partial charge in [0.1, 0.15) is 6.61 Å². The average molecular weight is 350 g/mol. The van der Waals surface area contributed by atoms with Gasteiger partial charge in [-0.2, -0.15) is 0 Å². The van der Waals surface area contributed by atoms with E-state index in [-0.39, 0.29) is 12.6 Å². The Kier molecular flexibility index (Phi) is 5.37. The van der Waals surface area contributed by atoms with Crippen molar-refractivity contribution < 1.29 is 14.3 Å². The molecule has 0 saturated heterocycles. The van der Waals surface area contributed by atoms with Gasteiger partial charge in [-0.15, -0.1) is 0 Å². The summed E-state index contributed by atoms with van der Waals surface area (Å²) < 4.78 is 5.48. The zero-order valence-corrected chi connectivity index (χ0v) is 14.9. The maximum absolute atomic E-state index is 12.7. The molecule has 0 bridgehead atoms. The lowest BCUT2D eigenvalue weighted by molar-refractivity contribution is -0.140. The molecule has 0 radical (unpaired) electrons. The van der Waals surface area contributed by atoms with Crippen molar-refractivity contribution in [3.63, 3.8) is 0 Å². The van der Waals surface area contributed by atoms with Crippen LogP contribution >= 0.6 is 0 Å². The molecule has 2 amide bonds. The third-order valence-corrected chi connectivity index (χ3v) is 4.42. The first-order valence-electron chi connectivity index (χ1n) is 8.66. The molecule has 1 aliphatic heterocycles. The van der Waals surface area contributed by atoms with Crippen molar-refractivity contribution >= 4 is 12.0 Å². The minimum Gasteiger partial charge on any atom is -0.457 e. The molecule has 0 aromatic heterocycles. The number of amides is 2. The van der Waals surface area contributed by atoms with Crippen LogP contribution in [0.2, 0.25) is 0 Å². The van der Waals surface area contributed by atoms with E-state index in [1.54, 1.807) is 6.92 Å². The quantitative estimate of drug-likeness (QED) is 0.810. The number of hydrogen-bond donors (Lipinski definition) is 2. The van der Waals surface area contributed by atoms with Gasteiger partial charge in [0.2, 0.25) is 0 Å². The summed E-state index contributed by atoms with van der Waals surface area (Å²) in [5.74, 6) is -0.441. The minimum atomic E-state index is -0.530. The molecule has 0 fully saturated rings. The van der Waals surface area contributed by atoms with Gasteiger partial charge in [-0.05, 0) is 30.0 Å². The second-order valence-electron chi connectivity index (χ2n) is 6.23. The lowest BCUT2D eigenvalue weighted by atomic mass is 9.94. The van der Waals surface area contributed by atoms with Crippen LogP contribution < -0.4 is 10.6 Å². The molecular weight excluding hydrogens is 328 g/mol. The van der Waals surface area contributed by atoms with Crippen molar-refractivity contribution in [2.75, 3.05) is 0 Å². The van der Waals surface area contributed by atoms with E-state index in [1.165, 1.54) is 5.56 Å². The zero-order chi connectivity index (χ0) is 18.5. The molecule has 5 heteroatoms. The Morgan fingerprint density at radius 2 is 1.73 bits per heavy atom. The van der Waals surface area contributed by atoms with Gasteiger partial charge in [-0.25, -0.2) is 9.59 Å². The van der Waals surface area contributed by atoms with Crippen LogP contribution in [0.3, 0.4) is 0 Å². The number of esters is 1. The van der Waals surface area contributed by atoms with Crippen LogP contribution in [0, 0.1) is 0 Å². The number of ether oxygens (including phenoxy) is 1. The highest BCUT2D eigenvalue weighted by atomic mass is 16.5. The van der Waals surface area contributed by atoms with Crippen molar-refractivity contribution in [1.29, 1.82) is 0 Å². The van der Waals surface area contributed by atoms with E-state index in [0.29, 0.717) is 11.3 Å². The van der Waals surface area contributed by atoms with Gasteiger partial charge in [-0.3, -0.25) is 0 Å². The summed E-state index contributed by atoms with van der Waals surface area (Å²) in [6.07, 6.45) is 0.930. The standard InChI is InChI=1S/C21H22N2O3/c1-3-15-9-11-17(12-10-15)19-18(14(2)22-21(25)23-19)20(24)26-13-16-7-5-4-6-8-16/h4-12,19H,3,13H2,1-2H3,(H2,22,23,25)/t19-/m0/s1. The summed E-state index contributed by atoms with van der Waals surface area (Å²) >= 11 is 0. The fraction of sp³-hybridized carbons (Fsp3) is 0.238. The zero-order valence-electron chi connectivity index (χ0n) is 14.9. The molecule has 0 unspecified atom stereocenters. The number of aryl methyl sites for hydroxylation is 1. The number of allylic oxidation sites excluding steroid dienone is 1. The molecule has 0 saturated carbocycles. The molecule has 1 heterocycles. The first-order valence-corrected chi connectivity index (χ1v) is 8.66. The summed E-state index contributed by atoms with van der Waals surface area (Å²) in [5, 5.41) is 5.48. The largest absolute Gasteiger partial charge is 0.457 e. The molecule has 3 rings (SSSR count). The molecule has 134 valence electrons. The lowest BCUT2D eigenvalue weighted by Gasteiger charge is -2.28. The van der Waals surface area contributed by atoms with E-state index in [0.717, 1.165) is 17.5 Å². The Bertz CT molecular complexity index is 826. The van der Waals surface area contributed by atoms with Crippen molar-refractivity contribution in [1.82, 2.24) is 10.6 Å². The van der Waals surface area contributed by atoms with Gasteiger partial charge in [-0.1, -0.05) is 61.5 Å². The highest BCUT2D eigenvalue weighted by Gasteiger charge is 2.32. The van der Waals surface area contributed by atoms with E-state index in [2.05, 4.69) is 17.6 Å². The maximum Gasteiger partial charge on any atom is 0.338 e. The van der Waals surface area contributed by atoms with E-state index in [4.69, 9.17) is 4.74 Å². The predicted octanol–water partition coefficient (Wildman–Crippen LogP) is 3.62. The summed E-state index contributed by atoms with van der Waals surface area (Å²) in [4.78, 5) is 24.6. The van der Waals surface area contributed by atoms with Crippen LogP contribution in [-0.2, 0) is 22.6 Å². The maximum atomic E-state index is 12.7. The summed E-state index contributed by atoms with van der Waals surface area (Å²) in [5.41, 5.74) is 3.89. The molecule has 1 atom stereocenters. The molecular formula is C21H22N2O3. The van der Waals surface area contributed by atoms with Crippen molar-refractivity contribution in [2.24, 2.45) is 0 Å². The molecule has 1 aliphatic rings. The number of urea groups is 1. The van der Waals surface area contributed by atoms with E-state index in [1.807, 2.05) is 54.6 Å². The summed E-state index contributed by atoms with van der Waals surface area (Å²) in [7, 11) is 0.